The molecule has 1 amide bonds. The number of ether oxygens (including phenoxy) is 1. The summed E-state index contributed by atoms with van der Waals surface area (Å²) in [6.45, 7) is 6.89. The minimum Gasteiger partial charge on any atom is -0.508 e. The second-order valence-corrected chi connectivity index (χ2v) is 11.9. The number of fused-ring (bicyclic) bond motifs is 1. The van der Waals surface area contributed by atoms with E-state index in [2.05, 4.69) is 36.8 Å². The summed E-state index contributed by atoms with van der Waals surface area (Å²) in [4.78, 5) is 18.3. The molecule has 0 bridgehead atoms. The zero-order valence-corrected chi connectivity index (χ0v) is 23.2. The normalized spacial score (nSPS) is 26.6. The van der Waals surface area contributed by atoms with E-state index in [1.807, 2.05) is 18.2 Å². The largest absolute Gasteiger partial charge is 0.508 e. The highest BCUT2D eigenvalue weighted by Crippen LogP contribution is 2.51. The molecule has 1 N–H and O–H groups in total. The molecule has 1 saturated heterocycles. The number of benzene rings is 2. The van der Waals surface area contributed by atoms with Gasteiger partial charge in [-0.25, -0.2) is 0 Å². The third-order valence-corrected chi connectivity index (χ3v) is 8.84. The number of carbonyl (C=O) groups excluding carboxylic acids is 1. The maximum atomic E-state index is 13.8. The number of carbonyl (C=O) groups is 1. The van der Waals surface area contributed by atoms with Gasteiger partial charge in [-0.1, -0.05) is 55.2 Å². The number of amides is 1. The highest BCUT2D eigenvalue weighted by atomic mass is 35.5. The van der Waals surface area contributed by atoms with Gasteiger partial charge >= 0.3 is 0 Å². The van der Waals surface area contributed by atoms with Crippen LogP contribution >= 0.6 is 23.2 Å². The van der Waals surface area contributed by atoms with Crippen molar-refractivity contribution in [3.05, 3.63) is 63.6 Å². The molecule has 2 aliphatic rings. The van der Waals surface area contributed by atoms with Crippen molar-refractivity contribution in [3.63, 3.8) is 0 Å². The van der Waals surface area contributed by atoms with Gasteiger partial charge in [-0.15, -0.1) is 0 Å². The summed E-state index contributed by atoms with van der Waals surface area (Å²) in [6, 6.07) is 13.2. The van der Waals surface area contributed by atoms with Gasteiger partial charge in [0.15, 0.2) is 0 Å². The molecule has 2 aromatic carbocycles. The summed E-state index contributed by atoms with van der Waals surface area (Å²) in [5, 5.41) is 11.3. The minimum absolute atomic E-state index is 0.0151. The number of nitrogens with zero attached hydrogens (tertiary/aromatic N) is 2. The molecule has 2 aromatic rings. The van der Waals surface area contributed by atoms with E-state index >= 15 is 0 Å². The predicted molar refractivity (Wildman–Crippen MR) is 146 cm³/mol. The average molecular weight is 534 g/mol. The summed E-state index contributed by atoms with van der Waals surface area (Å²) in [7, 11) is 3.95. The number of aromatic hydroxyl groups is 1. The molecule has 1 heterocycles. The molecule has 1 aliphatic carbocycles. The van der Waals surface area contributed by atoms with E-state index < -0.39 is 0 Å². The summed E-state index contributed by atoms with van der Waals surface area (Å²) >= 11 is 12.3. The van der Waals surface area contributed by atoms with Gasteiger partial charge in [0.25, 0.3) is 0 Å². The van der Waals surface area contributed by atoms with E-state index in [4.69, 9.17) is 27.9 Å². The maximum absolute atomic E-state index is 13.8. The van der Waals surface area contributed by atoms with Crippen LogP contribution in [0.4, 0.5) is 0 Å². The van der Waals surface area contributed by atoms with E-state index in [0.29, 0.717) is 22.5 Å². The van der Waals surface area contributed by atoms with E-state index in [0.717, 1.165) is 43.5 Å². The number of hydrogen-bond donors (Lipinski definition) is 1. The first kappa shape index (κ1) is 27.3. The van der Waals surface area contributed by atoms with Gasteiger partial charge in [0.2, 0.25) is 5.91 Å². The first-order valence-electron chi connectivity index (χ1n) is 12.9. The SMILES string of the molecule is COC1CC(N(CC(C)C)C(=O)Cc2ccc(Cl)c(Cl)c2)CC2(c3cccc(O)c3)CCN(C)CC12. The summed E-state index contributed by atoms with van der Waals surface area (Å²) in [5.41, 5.74) is 1.84. The van der Waals surface area contributed by atoms with Crippen molar-refractivity contribution in [1.29, 1.82) is 0 Å². The first-order valence-corrected chi connectivity index (χ1v) is 13.6. The second-order valence-electron chi connectivity index (χ2n) is 11.1. The smallest absolute Gasteiger partial charge is 0.227 e. The van der Waals surface area contributed by atoms with Crippen LogP contribution in [0, 0.1) is 11.8 Å². The molecule has 196 valence electrons. The molecule has 0 aromatic heterocycles. The van der Waals surface area contributed by atoms with E-state index in [-0.39, 0.29) is 41.6 Å². The van der Waals surface area contributed by atoms with Crippen LogP contribution in [0.25, 0.3) is 0 Å². The van der Waals surface area contributed by atoms with Gasteiger partial charge in [0.05, 0.1) is 22.6 Å². The minimum atomic E-state index is -0.173. The van der Waals surface area contributed by atoms with Crippen molar-refractivity contribution in [3.8, 4) is 5.75 Å². The van der Waals surface area contributed by atoms with Crippen molar-refractivity contribution >= 4 is 29.1 Å². The van der Waals surface area contributed by atoms with Gasteiger partial charge in [-0.05, 0) is 74.2 Å². The van der Waals surface area contributed by atoms with Crippen LogP contribution < -0.4 is 0 Å². The van der Waals surface area contributed by atoms with Crippen LogP contribution in [0.2, 0.25) is 10.0 Å². The Labute approximate surface area is 225 Å². The molecule has 5 nitrogen and oxygen atoms in total. The molecular formula is C29H38Cl2N2O3. The Balaban J connectivity index is 1.70. The molecule has 7 heteroatoms. The topological polar surface area (TPSA) is 53.0 Å². The van der Waals surface area contributed by atoms with Gasteiger partial charge in [-0.3, -0.25) is 4.79 Å². The van der Waals surface area contributed by atoms with Crippen LogP contribution in [-0.4, -0.2) is 66.8 Å². The molecule has 0 radical (unpaired) electrons. The molecule has 2 fully saturated rings. The zero-order chi connectivity index (χ0) is 26.0. The lowest BCUT2D eigenvalue weighted by Gasteiger charge is -2.56. The van der Waals surface area contributed by atoms with E-state index in [1.165, 1.54) is 0 Å². The van der Waals surface area contributed by atoms with Crippen molar-refractivity contribution in [1.82, 2.24) is 9.80 Å². The lowest BCUT2D eigenvalue weighted by molar-refractivity contribution is -0.139. The quantitative estimate of drug-likeness (QED) is 0.490. The molecule has 4 rings (SSSR count). The maximum Gasteiger partial charge on any atom is 0.227 e. The Bertz CT molecular complexity index is 1080. The number of halogens is 2. The number of piperidine rings is 1. The van der Waals surface area contributed by atoms with Gasteiger partial charge in [-0.2, -0.15) is 0 Å². The lowest BCUT2D eigenvalue weighted by atomic mass is 9.56. The number of phenols is 1. The van der Waals surface area contributed by atoms with Gasteiger partial charge < -0.3 is 19.6 Å². The van der Waals surface area contributed by atoms with Gasteiger partial charge in [0.1, 0.15) is 5.75 Å². The summed E-state index contributed by atoms with van der Waals surface area (Å²) in [5.74, 6) is 0.991. The second kappa shape index (κ2) is 11.3. The fourth-order valence-corrected chi connectivity index (χ4v) is 6.72. The highest BCUT2D eigenvalue weighted by molar-refractivity contribution is 6.42. The van der Waals surface area contributed by atoms with Crippen LogP contribution in [0.1, 0.15) is 44.2 Å². The number of rotatable bonds is 7. The van der Waals surface area contributed by atoms with Crippen LogP contribution in [0.3, 0.4) is 0 Å². The average Bonchev–Trinajstić information content (AvgIpc) is 2.84. The third kappa shape index (κ3) is 5.70. The Hall–Kier alpha value is -1.79. The van der Waals surface area contributed by atoms with Crippen LogP contribution in [0.15, 0.2) is 42.5 Å². The third-order valence-electron chi connectivity index (χ3n) is 8.10. The Morgan fingerprint density at radius 1 is 1.22 bits per heavy atom. The van der Waals surface area contributed by atoms with Crippen molar-refractivity contribution in [2.75, 3.05) is 33.8 Å². The lowest BCUT2D eigenvalue weighted by Crippen LogP contribution is -2.61. The van der Waals surface area contributed by atoms with E-state index in [9.17, 15) is 9.90 Å². The van der Waals surface area contributed by atoms with Crippen molar-refractivity contribution in [2.24, 2.45) is 11.8 Å². The molecule has 1 saturated carbocycles. The van der Waals surface area contributed by atoms with Crippen LogP contribution in [0.5, 0.6) is 5.75 Å². The predicted octanol–water partition coefficient (Wildman–Crippen LogP) is 5.79. The fraction of sp³-hybridized carbons (Fsp3) is 0.552. The molecule has 36 heavy (non-hydrogen) atoms. The molecule has 1 aliphatic heterocycles. The summed E-state index contributed by atoms with van der Waals surface area (Å²) in [6.07, 6.45) is 2.92. The highest BCUT2D eigenvalue weighted by Gasteiger charge is 2.53. The van der Waals surface area contributed by atoms with E-state index in [1.54, 1.807) is 25.3 Å². The number of phenolic OH excluding ortho intramolecular Hbond substituents is 1. The van der Waals surface area contributed by atoms with Gasteiger partial charge in [0, 0.05) is 37.6 Å². The number of methoxy groups -OCH3 is 1. The Morgan fingerprint density at radius 3 is 2.67 bits per heavy atom. The van der Waals surface area contributed by atoms with Crippen molar-refractivity contribution < 1.29 is 14.6 Å². The molecule has 4 atom stereocenters. The Morgan fingerprint density at radius 2 is 2.00 bits per heavy atom. The standard InChI is InChI=1S/C29H38Cl2N2O3/c1-19(2)17-33(28(35)13-20-8-9-25(30)26(31)12-20)22-15-27(36-4)24-18-32(3)11-10-29(24,16-22)21-6-5-7-23(34)14-21/h5-9,12,14,19,22,24,27,34H,10-11,13,15-18H2,1-4H3. The van der Waals surface area contributed by atoms with Crippen molar-refractivity contribution in [2.45, 2.75) is 57.1 Å². The zero-order valence-electron chi connectivity index (χ0n) is 21.7. The molecule has 4 unspecified atom stereocenters. The fourth-order valence-electron chi connectivity index (χ4n) is 6.40. The van der Waals surface area contributed by atoms with Crippen LogP contribution in [-0.2, 0) is 21.4 Å². The molecule has 0 spiro atoms. The number of hydrogen-bond acceptors (Lipinski definition) is 4. The Kier molecular flexibility index (Phi) is 8.56. The molecular weight excluding hydrogens is 495 g/mol. The summed E-state index contributed by atoms with van der Waals surface area (Å²) < 4.78 is 6.14. The number of likely N-dealkylation sites (tertiary alicyclic amines) is 1. The monoisotopic (exact) mass is 532 g/mol. The first-order chi connectivity index (χ1) is 17.1.